The lowest BCUT2D eigenvalue weighted by Gasteiger charge is -1.99. The van der Waals surface area contributed by atoms with Crippen molar-refractivity contribution in [2.75, 3.05) is 6.61 Å². The predicted molar refractivity (Wildman–Crippen MR) is 91.4 cm³/mol. The first-order chi connectivity index (χ1) is 10.5. The molecule has 0 spiro atoms. The Labute approximate surface area is 133 Å². The summed E-state index contributed by atoms with van der Waals surface area (Å²) in [4.78, 5) is 21.6. The smallest absolute Gasteiger partial charge is 0.333 e. The SMILES string of the molecule is CCOC(=O)/C(C)=C/C=C/C(C)=C/C=C/C=C(C)/C=C/C=O. The van der Waals surface area contributed by atoms with Gasteiger partial charge in [0.1, 0.15) is 6.29 Å². The van der Waals surface area contributed by atoms with Crippen LogP contribution in [0.3, 0.4) is 0 Å². The Kier molecular flexibility index (Phi) is 11.0. The molecule has 3 heteroatoms. The van der Waals surface area contributed by atoms with Crippen molar-refractivity contribution in [3.05, 3.63) is 71.4 Å². The van der Waals surface area contributed by atoms with Crippen LogP contribution in [0.25, 0.3) is 0 Å². The summed E-state index contributed by atoms with van der Waals surface area (Å²) in [5.41, 5.74) is 2.62. The molecule has 118 valence electrons. The van der Waals surface area contributed by atoms with Crippen molar-refractivity contribution in [3.8, 4) is 0 Å². The molecule has 0 heterocycles. The molecule has 0 N–H and O–H groups in total. The number of ether oxygens (including phenoxy) is 1. The summed E-state index contributed by atoms with van der Waals surface area (Å²) in [6, 6.07) is 0. The van der Waals surface area contributed by atoms with Gasteiger partial charge in [-0.2, -0.15) is 0 Å². The average molecular weight is 300 g/mol. The van der Waals surface area contributed by atoms with Crippen LogP contribution in [-0.2, 0) is 14.3 Å². The van der Waals surface area contributed by atoms with Crippen molar-refractivity contribution in [2.45, 2.75) is 27.7 Å². The molecule has 0 aromatic heterocycles. The van der Waals surface area contributed by atoms with Crippen molar-refractivity contribution in [1.82, 2.24) is 0 Å². The van der Waals surface area contributed by atoms with E-state index in [-0.39, 0.29) is 5.97 Å². The number of hydrogen-bond donors (Lipinski definition) is 0. The maximum atomic E-state index is 11.4. The molecule has 0 saturated heterocycles. The minimum absolute atomic E-state index is 0.294. The molecule has 0 bridgehead atoms. The van der Waals surface area contributed by atoms with Crippen LogP contribution in [0.4, 0.5) is 0 Å². The second-order valence-corrected chi connectivity index (χ2v) is 4.63. The van der Waals surface area contributed by atoms with Gasteiger partial charge >= 0.3 is 5.97 Å². The van der Waals surface area contributed by atoms with Crippen molar-refractivity contribution in [2.24, 2.45) is 0 Å². The van der Waals surface area contributed by atoms with Gasteiger partial charge in [-0.1, -0.05) is 59.8 Å². The maximum absolute atomic E-state index is 11.4. The summed E-state index contributed by atoms with van der Waals surface area (Å²) in [6.45, 7) is 7.78. The summed E-state index contributed by atoms with van der Waals surface area (Å²) in [7, 11) is 0. The van der Waals surface area contributed by atoms with Crippen LogP contribution < -0.4 is 0 Å². The molecule has 0 saturated carbocycles. The second-order valence-electron chi connectivity index (χ2n) is 4.63. The van der Waals surface area contributed by atoms with Crippen LogP contribution in [0.15, 0.2) is 71.4 Å². The fourth-order valence-electron chi connectivity index (χ4n) is 1.37. The van der Waals surface area contributed by atoms with E-state index in [4.69, 9.17) is 4.74 Å². The summed E-state index contributed by atoms with van der Waals surface area (Å²) in [5.74, 6) is -0.294. The van der Waals surface area contributed by atoms with Gasteiger partial charge in [-0.15, -0.1) is 0 Å². The van der Waals surface area contributed by atoms with Gasteiger partial charge in [-0.05, 0) is 33.8 Å². The monoisotopic (exact) mass is 300 g/mol. The maximum Gasteiger partial charge on any atom is 0.333 e. The van der Waals surface area contributed by atoms with E-state index in [0.717, 1.165) is 17.4 Å². The summed E-state index contributed by atoms with van der Waals surface area (Å²) in [5, 5.41) is 0. The molecule has 0 rings (SSSR count). The van der Waals surface area contributed by atoms with Crippen LogP contribution in [0, 0.1) is 0 Å². The van der Waals surface area contributed by atoms with Crippen LogP contribution in [0.2, 0.25) is 0 Å². The standard InChI is InChI=1S/C19H24O3/c1-5-22-19(21)18(4)14-8-12-16(2)10-6-7-11-17(3)13-9-15-20/h6-15H,5H2,1-4H3/b7-6+,12-8+,13-9+,16-10+,17-11+,18-14+. The molecule has 0 aromatic carbocycles. The second kappa shape index (κ2) is 12.3. The molecule has 0 aliphatic carbocycles. The van der Waals surface area contributed by atoms with Crippen molar-refractivity contribution in [3.63, 3.8) is 0 Å². The minimum Gasteiger partial charge on any atom is -0.463 e. The number of rotatable bonds is 8. The Balaban J connectivity index is 4.53. The normalized spacial score (nSPS) is 14.3. The summed E-state index contributed by atoms with van der Waals surface area (Å²) < 4.78 is 4.89. The topological polar surface area (TPSA) is 43.4 Å². The Morgan fingerprint density at radius 1 is 0.864 bits per heavy atom. The Hall–Kier alpha value is -2.42. The van der Waals surface area contributed by atoms with Gasteiger partial charge in [0.15, 0.2) is 0 Å². The lowest BCUT2D eigenvalue weighted by Crippen LogP contribution is -2.04. The third kappa shape index (κ3) is 10.4. The Morgan fingerprint density at radius 3 is 1.91 bits per heavy atom. The fourth-order valence-corrected chi connectivity index (χ4v) is 1.37. The highest BCUT2D eigenvalue weighted by atomic mass is 16.5. The molecule has 0 aromatic rings. The lowest BCUT2D eigenvalue weighted by molar-refractivity contribution is -0.138. The van der Waals surface area contributed by atoms with Gasteiger partial charge in [-0.3, -0.25) is 4.79 Å². The highest BCUT2D eigenvalue weighted by Gasteiger charge is 2.01. The third-order valence-corrected chi connectivity index (χ3v) is 2.57. The van der Waals surface area contributed by atoms with E-state index in [1.54, 1.807) is 26.0 Å². The van der Waals surface area contributed by atoms with Crippen LogP contribution in [-0.4, -0.2) is 18.9 Å². The molecule has 0 unspecified atom stereocenters. The van der Waals surface area contributed by atoms with Crippen molar-refractivity contribution in [1.29, 1.82) is 0 Å². The molecular formula is C19H24O3. The predicted octanol–water partition coefficient (Wildman–Crippen LogP) is 4.26. The highest BCUT2D eigenvalue weighted by Crippen LogP contribution is 2.01. The number of carbonyl (C=O) groups is 2. The van der Waals surface area contributed by atoms with Crippen molar-refractivity contribution < 1.29 is 14.3 Å². The summed E-state index contributed by atoms with van der Waals surface area (Å²) in [6.07, 6.45) is 17.1. The largest absolute Gasteiger partial charge is 0.463 e. The van der Waals surface area contributed by atoms with Crippen LogP contribution in [0.1, 0.15) is 27.7 Å². The van der Waals surface area contributed by atoms with Gasteiger partial charge < -0.3 is 4.74 Å². The van der Waals surface area contributed by atoms with Gasteiger partial charge in [-0.25, -0.2) is 4.79 Å². The molecule has 0 atom stereocenters. The van der Waals surface area contributed by atoms with E-state index in [0.29, 0.717) is 12.2 Å². The molecule has 0 aliphatic rings. The molecule has 0 radical (unpaired) electrons. The first kappa shape index (κ1) is 19.6. The highest BCUT2D eigenvalue weighted by molar-refractivity contribution is 5.88. The average Bonchev–Trinajstić information content (AvgIpc) is 2.49. The number of carbonyl (C=O) groups excluding carboxylic acids is 2. The Bertz CT molecular complexity index is 541. The van der Waals surface area contributed by atoms with E-state index in [2.05, 4.69) is 0 Å². The molecule has 0 aliphatic heterocycles. The van der Waals surface area contributed by atoms with Crippen LogP contribution in [0.5, 0.6) is 0 Å². The van der Waals surface area contributed by atoms with Gasteiger partial charge in [0, 0.05) is 5.57 Å². The minimum atomic E-state index is -0.294. The number of esters is 1. The molecule has 22 heavy (non-hydrogen) atoms. The van der Waals surface area contributed by atoms with E-state index in [9.17, 15) is 9.59 Å². The fraction of sp³-hybridized carbons (Fsp3) is 0.263. The zero-order valence-electron chi connectivity index (χ0n) is 13.7. The van der Waals surface area contributed by atoms with E-state index < -0.39 is 0 Å². The summed E-state index contributed by atoms with van der Waals surface area (Å²) >= 11 is 0. The zero-order chi connectivity index (χ0) is 16.8. The molecule has 0 amide bonds. The van der Waals surface area contributed by atoms with Gasteiger partial charge in [0.25, 0.3) is 0 Å². The molecular weight excluding hydrogens is 276 g/mol. The number of hydrogen-bond acceptors (Lipinski definition) is 3. The molecule has 0 fully saturated rings. The zero-order valence-corrected chi connectivity index (χ0v) is 13.7. The van der Waals surface area contributed by atoms with Crippen molar-refractivity contribution >= 4 is 12.3 Å². The van der Waals surface area contributed by atoms with E-state index in [1.807, 2.05) is 50.3 Å². The van der Waals surface area contributed by atoms with E-state index >= 15 is 0 Å². The third-order valence-electron chi connectivity index (χ3n) is 2.57. The quantitative estimate of drug-likeness (QED) is 0.291. The van der Waals surface area contributed by atoms with Gasteiger partial charge in [0.2, 0.25) is 0 Å². The first-order valence-electron chi connectivity index (χ1n) is 7.17. The molecule has 3 nitrogen and oxygen atoms in total. The van der Waals surface area contributed by atoms with E-state index in [1.165, 1.54) is 6.08 Å². The van der Waals surface area contributed by atoms with Crippen LogP contribution >= 0.6 is 0 Å². The number of aldehydes is 1. The Morgan fingerprint density at radius 2 is 1.41 bits per heavy atom. The number of allylic oxidation sites excluding steroid dienone is 11. The van der Waals surface area contributed by atoms with Gasteiger partial charge in [0.05, 0.1) is 6.61 Å². The lowest BCUT2D eigenvalue weighted by atomic mass is 10.2. The first-order valence-corrected chi connectivity index (χ1v) is 7.17.